The second-order valence-corrected chi connectivity index (χ2v) is 8.12. The van der Waals surface area contributed by atoms with Crippen LogP contribution in [0.2, 0.25) is 0 Å². The van der Waals surface area contributed by atoms with E-state index in [1.54, 1.807) is 35.3 Å². The van der Waals surface area contributed by atoms with Crippen LogP contribution in [0.4, 0.5) is 18.9 Å². The molecular formula is C24H23F3N6O. The molecule has 0 spiro atoms. The quantitative estimate of drug-likeness (QED) is 0.277. The SMILES string of the molecule is Cc1cn(-c2ccc(N=C(N)/C=C(\NCc3cc(F)c(F)c(F)c3)C(C)(C)O)cc2C#N)cn1. The number of aromatic nitrogens is 2. The van der Waals surface area contributed by atoms with Crippen molar-refractivity contribution in [3.05, 3.63) is 88.9 Å². The molecule has 176 valence electrons. The van der Waals surface area contributed by atoms with Crippen LogP contribution in [0.15, 0.2) is 59.6 Å². The first kappa shape index (κ1) is 24.5. The second-order valence-electron chi connectivity index (χ2n) is 8.12. The van der Waals surface area contributed by atoms with E-state index in [2.05, 4.69) is 21.4 Å². The molecule has 0 unspecified atom stereocenters. The van der Waals surface area contributed by atoms with Gasteiger partial charge in [-0.2, -0.15) is 5.26 Å². The Hall–Kier alpha value is -4.10. The number of nitrogens with one attached hydrogen (secondary N) is 1. The Labute approximate surface area is 194 Å². The Bertz CT molecular complexity index is 1290. The standard InChI is InChI=1S/C24H23F3N6O/c1-14-12-33(13-31-14)20-5-4-17(8-16(20)10-28)32-22(29)9-21(24(2,3)34)30-11-15-6-18(25)23(27)19(26)7-15/h4-9,12-13,30,34H,11H2,1-3H3,(H2,29,32)/b21-9-. The molecule has 0 atom stereocenters. The smallest absolute Gasteiger partial charge is 0.194 e. The van der Waals surface area contributed by atoms with Gasteiger partial charge in [-0.1, -0.05) is 0 Å². The normalized spacial score (nSPS) is 12.5. The zero-order valence-corrected chi connectivity index (χ0v) is 18.8. The maximum atomic E-state index is 13.5. The lowest BCUT2D eigenvalue weighted by Gasteiger charge is -2.23. The number of nitriles is 1. The van der Waals surface area contributed by atoms with E-state index >= 15 is 0 Å². The molecule has 2 aromatic carbocycles. The molecule has 0 amide bonds. The molecule has 1 aromatic heterocycles. The van der Waals surface area contributed by atoms with Crippen molar-refractivity contribution >= 4 is 11.5 Å². The van der Waals surface area contributed by atoms with Gasteiger partial charge >= 0.3 is 0 Å². The Morgan fingerprint density at radius 1 is 1.26 bits per heavy atom. The molecule has 0 saturated carbocycles. The van der Waals surface area contributed by atoms with Gasteiger partial charge in [0.05, 0.1) is 34.6 Å². The van der Waals surface area contributed by atoms with E-state index in [1.165, 1.54) is 19.9 Å². The molecule has 0 aliphatic rings. The number of imidazole rings is 1. The van der Waals surface area contributed by atoms with Crippen LogP contribution < -0.4 is 11.1 Å². The Balaban J connectivity index is 1.86. The van der Waals surface area contributed by atoms with Crippen molar-refractivity contribution in [3.8, 4) is 11.8 Å². The van der Waals surface area contributed by atoms with Crippen LogP contribution in [0, 0.1) is 35.7 Å². The summed E-state index contributed by atoms with van der Waals surface area (Å²) >= 11 is 0. The number of aliphatic imine (C=N–C) groups is 1. The van der Waals surface area contributed by atoms with Crippen molar-refractivity contribution in [2.45, 2.75) is 32.9 Å². The highest BCUT2D eigenvalue weighted by Crippen LogP contribution is 2.22. The van der Waals surface area contributed by atoms with E-state index in [0.717, 1.165) is 17.8 Å². The first-order valence-electron chi connectivity index (χ1n) is 10.2. The van der Waals surface area contributed by atoms with E-state index in [-0.39, 0.29) is 23.6 Å². The molecule has 0 fully saturated rings. The highest BCUT2D eigenvalue weighted by molar-refractivity contribution is 5.94. The zero-order valence-electron chi connectivity index (χ0n) is 18.8. The number of nitrogens with zero attached hydrogens (tertiary/aromatic N) is 4. The molecule has 0 aliphatic heterocycles. The van der Waals surface area contributed by atoms with Gasteiger partial charge in [-0.05, 0) is 56.7 Å². The summed E-state index contributed by atoms with van der Waals surface area (Å²) < 4.78 is 41.9. The van der Waals surface area contributed by atoms with Crippen LogP contribution in [0.3, 0.4) is 0 Å². The summed E-state index contributed by atoms with van der Waals surface area (Å²) in [6.07, 6.45) is 4.76. The third-order valence-corrected chi connectivity index (χ3v) is 4.83. The molecule has 3 rings (SSSR count). The first-order chi connectivity index (χ1) is 16.0. The van der Waals surface area contributed by atoms with Crippen molar-refractivity contribution in [2.75, 3.05) is 0 Å². The molecule has 34 heavy (non-hydrogen) atoms. The minimum absolute atomic E-state index is 0.0104. The van der Waals surface area contributed by atoms with E-state index in [1.807, 2.05) is 6.92 Å². The predicted molar refractivity (Wildman–Crippen MR) is 122 cm³/mol. The predicted octanol–water partition coefficient (Wildman–Crippen LogP) is 3.90. The summed E-state index contributed by atoms with van der Waals surface area (Å²) in [6.45, 7) is 4.71. The molecule has 0 bridgehead atoms. The fourth-order valence-corrected chi connectivity index (χ4v) is 3.14. The molecular weight excluding hydrogens is 445 g/mol. The number of halogens is 3. The van der Waals surface area contributed by atoms with Crippen molar-refractivity contribution in [1.29, 1.82) is 5.26 Å². The third kappa shape index (κ3) is 5.82. The average Bonchev–Trinajstić information content (AvgIpc) is 3.19. The molecule has 7 nitrogen and oxygen atoms in total. The van der Waals surface area contributed by atoms with Crippen LogP contribution in [0.5, 0.6) is 0 Å². The Morgan fingerprint density at radius 3 is 2.50 bits per heavy atom. The maximum Gasteiger partial charge on any atom is 0.194 e. The van der Waals surface area contributed by atoms with Crippen molar-refractivity contribution in [3.63, 3.8) is 0 Å². The molecule has 3 aromatic rings. The fourth-order valence-electron chi connectivity index (χ4n) is 3.14. The summed E-state index contributed by atoms with van der Waals surface area (Å²) in [4.78, 5) is 8.43. The zero-order chi connectivity index (χ0) is 25.0. The summed E-state index contributed by atoms with van der Waals surface area (Å²) in [7, 11) is 0. The topological polar surface area (TPSA) is 112 Å². The summed E-state index contributed by atoms with van der Waals surface area (Å²) in [5, 5.41) is 22.9. The third-order valence-electron chi connectivity index (χ3n) is 4.83. The minimum atomic E-state index is -1.55. The lowest BCUT2D eigenvalue weighted by Crippen LogP contribution is -2.33. The number of aryl methyl sites for hydroxylation is 1. The lowest BCUT2D eigenvalue weighted by atomic mass is 10.0. The van der Waals surface area contributed by atoms with Crippen molar-refractivity contribution in [2.24, 2.45) is 10.7 Å². The number of hydrogen-bond donors (Lipinski definition) is 3. The van der Waals surface area contributed by atoms with Gasteiger partial charge in [0.15, 0.2) is 17.5 Å². The van der Waals surface area contributed by atoms with Crippen molar-refractivity contribution < 1.29 is 18.3 Å². The number of aliphatic hydroxyl groups is 1. The minimum Gasteiger partial charge on any atom is -0.384 e. The number of benzene rings is 2. The van der Waals surface area contributed by atoms with Gasteiger partial charge < -0.3 is 20.7 Å². The number of amidine groups is 1. The van der Waals surface area contributed by atoms with Gasteiger partial charge in [0.2, 0.25) is 0 Å². The lowest BCUT2D eigenvalue weighted by molar-refractivity contribution is 0.111. The monoisotopic (exact) mass is 468 g/mol. The van der Waals surface area contributed by atoms with Crippen LogP contribution in [-0.2, 0) is 6.54 Å². The fraction of sp³-hybridized carbons (Fsp3) is 0.208. The average molecular weight is 468 g/mol. The molecule has 10 heteroatoms. The molecule has 0 radical (unpaired) electrons. The van der Waals surface area contributed by atoms with Crippen LogP contribution in [0.1, 0.15) is 30.7 Å². The summed E-state index contributed by atoms with van der Waals surface area (Å²) in [6, 6.07) is 8.78. The van der Waals surface area contributed by atoms with Crippen molar-refractivity contribution in [1.82, 2.24) is 14.9 Å². The molecule has 1 heterocycles. The highest BCUT2D eigenvalue weighted by atomic mass is 19.2. The molecule has 0 aliphatic carbocycles. The number of hydrogen-bond acceptors (Lipinski definition) is 5. The summed E-state index contributed by atoms with van der Waals surface area (Å²) in [5.41, 5.74) is 7.18. The van der Waals surface area contributed by atoms with E-state index in [0.29, 0.717) is 16.9 Å². The van der Waals surface area contributed by atoms with Crippen LogP contribution in [-0.4, -0.2) is 26.1 Å². The van der Waals surface area contributed by atoms with Crippen LogP contribution >= 0.6 is 0 Å². The summed E-state index contributed by atoms with van der Waals surface area (Å²) in [5.74, 6) is -4.16. The maximum absolute atomic E-state index is 13.5. The van der Waals surface area contributed by atoms with Gasteiger partial charge in [-0.25, -0.2) is 23.1 Å². The number of rotatable bonds is 7. The van der Waals surface area contributed by atoms with E-state index in [4.69, 9.17) is 5.73 Å². The highest BCUT2D eigenvalue weighted by Gasteiger charge is 2.20. The van der Waals surface area contributed by atoms with Gasteiger partial charge in [0.25, 0.3) is 0 Å². The van der Waals surface area contributed by atoms with Gasteiger partial charge in [0, 0.05) is 24.5 Å². The number of nitrogens with two attached hydrogens (primary N) is 1. The Morgan fingerprint density at radius 2 is 1.94 bits per heavy atom. The van der Waals surface area contributed by atoms with Crippen LogP contribution in [0.25, 0.3) is 5.69 Å². The second kappa shape index (κ2) is 9.80. The van der Waals surface area contributed by atoms with E-state index in [9.17, 15) is 23.5 Å². The molecule has 4 N–H and O–H groups in total. The largest absolute Gasteiger partial charge is 0.384 e. The van der Waals surface area contributed by atoms with Gasteiger partial charge in [-0.15, -0.1) is 0 Å². The first-order valence-corrected chi connectivity index (χ1v) is 10.2. The van der Waals surface area contributed by atoms with E-state index < -0.39 is 23.1 Å². The van der Waals surface area contributed by atoms with Gasteiger partial charge in [-0.3, -0.25) is 0 Å². The van der Waals surface area contributed by atoms with Gasteiger partial charge in [0.1, 0.15) is 11.9 Å². The Kier molecular flexibility index (Phi) is 7.08. The molecule has 0 saturated heterocycles.